The maximum atomic E-state index is 10.9. The van der Waals surface area contributed by atoms with E-state index in [1.54, 1.807) is 0 Å². The maximum absolute atomic E-state index is 10.9. The number of carbonyl (C=O) groups excluding carboxylic acids is 1. The van der Waals surface area contributed by atoms with Gasteiger partial charge in [0.2, 0.25) is 5.91 Å². The van der Waals surface area contributed by atoms with E-state index in [2.05, 4.69) is 17.6 Å². The highest BCUT2D eigenvalue weighted by atomic mass is 16.1. The number of hydrogen-bond donors (Lipinski definition) is 2. The molecule has 0 aliphatic carbocycles. The van der Waals surface area contributed by atoms with Crippen LogP contribution >= 0.6 is 0 Å². The van der Waals surface area contributed by atoms with Crippen molar-refractivity contribution in [1.29, 1.82) is 0 Å². The van der Waals surface area contributed by atoms with Crippen LogP contribution in [0.25, 0.3) is 0 Å². The third-order valence-corrected chi connectivity index (χ3v) is 2.03. The van der Waals surface area contributed by atoms with Crippen LogP contribution in [-0.2, 0) is 4.79 Å². The normalized spacial score (nSPS) is 24.8. The lowest BCUT2D eigenvalue weighted by Gasteiger charge is -2.21. The molecule has 1 rings (SSSR count). The summed E-state index contributed by atoms with van der Waals surface area (Å²) in [6, 6.07) is 0. The minimum absolute atomic E-state index is 0.208. The Balaban J connectivity index is 2.17. The Morgan fingerprint density at radius 2 is 2.55 bits per heavy atom. The summed E-state index contributed by atoms with van der Waals surface area (Å²) in [5, 5.41) is 6.08. The van der Waals surface area contributed by atoms with Gasteiger partial charge in [-0.3, -0.25) is 4.79 Å². The van der Waals surface area contributed by atoms with Gasteiger partial charge in [-0.1, -0.05) is 6.92 Å². The van der Waals surface area contributed by atoms with E-state index in [4.69, 9.17) is 0 Å². The molecule has 0 saturated carbocycles. The van der Waals surface area contributed by atoms with Crippen molar-refractivity contribution in [2.24, 2.45) is 5.92 Å². The SMILES string of the molecule is CCNCC1CCNC(=O)C1. The predicted molar refractivity (Wildman–Crippen MR) is 44.3 cm³/mol. The van der Waals surface area contributed by atoms with Crippen LogP contribution in [0, 0.1) is 5.92 Å². The highest BCUT2D eigenvalue weighted by Gasteiger charge is 2.17. The van der Waals surface area contributed by atoms with Gasteiger partial charge in [0.15, 0.2) is 0 Å². The molecule has 0 aromatic rings. The Morgan fingerprint density at radius 3 is 3.18 bits per heavy atom. The highest BCUT2D eigenvalue weighted by Crippen LogP contribution is 2.10. The fourth-order valence-corrected chi connectivity index (χ4v) is 1.37. The van der Waals surface area contributed by atoms with Gasteiger partial charge in [0, 0.05) is 13.0 Å². The zero-order valence-electron chi connectivity index (χ0n) is 7.02. The summed E-state index contributed by atoms with van der Waals surface area (Å²) in [6.07, 6.45) is 1.83. The summed E-state index contributed by atoms with van der Waals surface area (Å²) in [7, 11) is 0. The summed E-state index contributed by atoms with van der Waals surface area (Å²) in [6.45, 7) is 4.93. The molecule has 1 aliphatic heterocycles. The standard InChI is InChI=1S/C8H16N2O/c1-2-9-6-7-3-4-10-8(11)5-7/h7,9H,2-6H2,1H3,(H,10,11). The molecule has 0 aromatic heterocycles. The lowest BCUT2D eigenvalue weighted by Crippen LogP contribution is -2.37. The third kappa shape index (κ3) is 2.89. The van der Waals surface area contributed by atoms with E-state index in [0.717, 1.165) is 26.1 Å². The molecule has 1 aliphatic rings. The summed E-state index contributed by atoms with van der Waals surface area (Å²) in [4.78, 5) is 10.9. The molecule has 0 aromatic carbocycles. The topological polar surface area (TPSA) is 41.1 Å². The first-order chi connectivity index (χ1) is 5.33. The second-order valence-electron chi connectivity index (χ2n) is 3.02. The van der Waals surface area contributed by atoms with Crippen molar-refractivity contribution in [2.75, 3.05) is 19.6 Å². The van der Waals surface area contributed by atoms with Crippen molar-refractivity contribution in [3.8, 4) is 0 Å². The molecule has 1 heterocycles. The molecular weight excluding hydrogens is 140 g/mol. The Morgan fingerprint density at radius 1 is 1.73 bits per heavy atom. The summed E-state index contributed by atoms with van der Waals surface area (Å²) in [5.41, 5.74) is 0. The van der Waals surface area contributed by atoms with E-state index in [1.165, 1.54) is 0 Å². The Hall–Kier alpha value is -0.570. The second-order valence-corrected chi connectivity index (χ2v) is 3.02. The van der Waals surface area contributed by atoms with Crippen LogP contribution in [0.5, 0.6) is 0 Å². The van der Waals surface area contributed by atoms with Crippen LogP contribution in [0.15, 0.2) is 0 Å². The Labute approximate surface area is 67.5 Å². The van der Waals surface area contributed by atoms with E-state index in [9.17, 15) is 4.79 Å². The van der Waals surface area contributed by atoms with Gasteiger partial charge in [0.1, 0.15) is 0 Å². The molecule has 2 N–H and O–H groups in total. The molecule has 64 valence electrons. The maximum Gasteiger partial charge on any atom is 0.220 e. The molecule has 0 spiro atoms. The monoisotopic (exact) mass is 156 g/mol. The van der Waals surface area contributed by atoms with E-state index in [0.29, 0.717) is 12.3 Å². The van der Waals surface area contributed by atoms with Crippen LogP contribution in [0.1, 0.15) is 19.8 Å². The van der Waals surface area contributed by atoms with Crippen molar-refractivity contribution in [2.45, 2.75) is 19.8 Å². The van der Waals surface area contributed by atoms with Gasteiger partial charge in [-0.15, -0.1) is 0 Å². The average molecular weight is 156 g/mol. The zero-order valence-corrected chi connectivity index (χ0v) is 7.02. The zero-order chi connectivity index (χ0) is 8.10. The lowest BCUT2D eigenvalue weighted by atomic mass is 9.98. The number of hydrogen-bond acceptors (Lipinski definition) is 2. The van der Waals surface area contributed by atoms with Gasteiger partial charge in [-0.25, -0.2) is 0 Å². The first-order valence-corrected chi connectivity index (χ1v) is 4.30. The predicted octanol–water partition coefficient (Wildman–Crippen LogP) is 0.122. The molecule has 1 unspecified atom stereocenters. The summed E-state index contributed by atoms with van der Waals surface area (Å²) < 4.78 is 0. The van der Waals surface area contributed by atoms with Crippen molar-refractivity contribution in [1.82, 2.24) is 10.6 Å². The molecule has 0 radical (unpaired) electrons. The average Bonchev–Trinajstić information content (AvgIpc) is 2.01. The molecule has 1 amide bonds. The van der Waals surface area contributed by atoms with Crippen molar-refractivity contribution < 1.29 is 4.79 Å². The Bertz CT molecular complexity index is 136. The third-order valence-electron chi connectivity index (χ3n) is 2.03. The number of rotatable bonds is 3. The molecule has 11 heavy (non-hydrogen) atoms. The minimum Gasteiger partial charge on any atom is -0.356 e. The van der Waals surface area contributed by atoms with Gasteiger partial charge in [-0.05, 0) is 25.4 Å². The van der Waals surface area contributed by atoms with Crippen molar-refractivity contribution >= 4 is 5.91 Å². The van der Waals surface area contributed by atoms with Crippen LogP contribution in [0.4, 0.5) is 0 Å². The van der Waals surface area contributed by atoms with Gasteiger partial charge in [0.05, 0.1) is 0 Å². The van der Waals surface area contributed by atoms with Crippen LogP contribution in [0.2, 0.25) is 0 Å². The fourth-order valence-electron chi connectivity index (χ4n) is 1.37. The van der Waals surface area contributed by atoms with Gasteiger partial charge in [-0.2, -0.15) is 0 Å². The minimum atomic E-state index is 0.208. The molecule has 1 saturated heterocycles. The van der Waals surface area contributed by atoms with Crippen LogP contribution in [0.3, 0.4) is 0 Å². The summed E-state index contributed by atoms with van der Waals surface area (Å²) in [5.74, 6) is 0.767. The first kappa shape index (κ1) is 8.53. The quantitative estimate of drug-likeness (QED) is 0.609. The van der Waals surface area contributed by atoms with Crippen molar-refractivity contribution in [3.63, 3.8) is 0 Å². The second kappa shape index (κ2) is 4.34. The largest absolute Gasteiger partial charge is 0.356 e. The van der Waals surface area contributed by atoms with E-state index >= 15 is 0 Å². The lowest BCUT2D eigenvalue weighted by molar-refractivity contribution is -0.123. The highest BCUT2D eigenvalue weighted by molar-refractivity contribution is 5.76. The number of piperidine rings is 1. The summed E-state index contributed by atoms with van der Waals surface area (Å²) >= 11 is 0. The Kier molecular flexibility index (Phi) is 3.36. The van der Waals surface area contributed by atoms with E-state index < -0.39 is 0 Å². The van der Waals surface area contributed by atoms with Gasteiger partial charge < -0.3 is 10.6 Å². The molecule has 0 bridgehead atoms. The number of amides is 1. The smallest absolute Gasteiger partial charge is 0.220 e. The van der Waals surface area contributed by atoms with Crippen LogP contribution < -0.4 is 10.6 Å². The number of nitrogens with one attached hydrogen (secondary N) is 2. The molecular formula is C8H16N2O. The van der Waals surface area contributed by atoms with E-state index in [1.807, 2.05) is 0 Å². The number of carbonyl (C=O) groups is 1. The molecule has 3 nitrogen and oxygen atoms in total. The molecule has 3 heteroatoms. The molecule has 1 fully saturated rings. The van der Waals surface area contributed by atoms with Gasteiger partial charge >= 0.3 is 0 Å². The van der Waals surface area contributed by atoms with Gasteiger partial charge in [0.25, 0.3) is 0 Å². The molecule has 1 atom stereocenters. The fraction of sp³-hybridized carbons (Fsp3) is 0.875. The van der Waals surface area contributed by atoms with Crippen molar-refractivity contribution in [3.05, 3.63) is 0 Å². The van der Waals surface area contributed by atoms with Crippen LogP contribution in [-0.4, -0.2) is 25.5 Å². The first-order valence-electron chi connectivity index (χ1n) is 4.30. The van der Waals surface area contributed by atoms with E-state index in [-0.39, 0.29) is 5.91 Å².